The Hall–Kier alpha value is -3.36. The summed E-state index contributed by atoms with van der Waals surface area (Å²) in [4.78, 5) is 47.4. The predicted octanol–water partition coefficient (Wildman–Crippen LogP) is 1.09. The highest BCUT2D eigenvalue weighted by Gasteiger charge is 2.35. The summed E-state index contributed by atoms with van der Waals surface area (Å²) in [5, 5.41) is 19.5. The van der Waals surface area contributed by atoms with Crippen molar-refractivity contribution in [1.82, 2.24) is 0 Å². The Balaban J connectivity index is 1.97. The monoisotopic (exact) mass is 386 g/mol. The van der Waals surface area contributed by atoms with Gasteiger partial charge in [-0.2, -0.15) is 0 Å². The predicted molar refractivity (Wildman–Crippen MR) is 95.2 cm³/mol. The van der Waals surface area contributed by atoms with Gasteiger partial charge >= 0.3 is 23.9 Å². The molecule has 2 aromatic rings. The van der Waals surface area contributed by atoms with E-state index in [1.54, 1.807) is 38.1 Å². The molecule has 2 rings (SSSR count). The molecular weight excluding hydrogens is 368 g/mol. The molecule has 0 fully saturated rings. The quantitative estimate of drug-likeness (QED) is 0.577. The molecule has 0 amide bonds. The van der Waals surface area contributed by atoms with E-state index in [-0.39, 0.29) is 11.1 Å². The van der Waals surface area contributed by atoms with Crippen LogP contribution in [0.3, 0.4) is 0 Å². The van der Waals surface area contributed by atoms with Crippen molar-refractivity contribution < 1.29 is 38.9 Å². The summed E-state index contributed by atoms with van der Waals surface area (Å²) in [6, 6.07) is 12.3. The van der Waals surface area contributed by atoms with Gasteiger partial charge in [0.25, 0.3) is 0 Å². The van der Waals surface area contributed by atoms with Gasteiger partial charge in [0.2, 0.25) is 0 Å². The Morgan fingerprint density at radius 1 is 0.714 bits per heavy atom. The molecule has 0 aromatic heterocycles. The zero-order valence-electron chi connectivity index (χ0n) is 15.1. The van der Waals surface area contributed by atoms with Gasteiger partial charge < -0.3 is 19.7 Å². The molecule has 0 aliphatic carbocycles. The molecule has 8 heteroatoms. The molecule has 146 valence electrons. The summed E-state index contributed by atoms with van der Waals surface area (Å²) in [6.07, 6.45) is -4.82. The molecule has 0 saturated carbocycles. The topological polar surface area (TPSA) is 127 Å². The second kappa shape index (κ2) is 9.03. The molecule has 2 N–H and O–H groups in total. The van der Waals surface area contributed by atoms with Gasteiger partial charge in [0.05, 0.1) is 11.1 Å². The van der Waals surface area contributed by atoms with Gasteiger partial charge in [0, 0.05) is 0 Å². The summed E-state index contributed by atoms with van der Waals surface area (Å²) < 4.78 is 8.90. The fourth-order valence-electron chi connectivity index (χ4n) is 2.22. The van der Waals surface area contributed by atoms with Gasteiger partial charge in [0.15, 0.2) is 12.2 Å². The Morgan fingerprint density at radius 3 is 1.39 bits per heavy atom. The molecule has 0 aliphatic rings. The van der Waals surface area contributed by atoms with Crippen LogP contribution < -0.4 is 0 Å². The van der Waals surface area contributed by atoms with E-state index in [4.69, 9.17) is 0 Å². The Labute approximate surface area is 160 Å². The first kappa shape index (κ1) is 20.9. The third-order valence-electron chi connectivity index (χ3n) is 3.68. The number of aliphatic hydroxyl groups excluding tert-OH is 2. The maximum atomic E-state index is 11.9. The lowest BCUT2D eigenvalue weighted by atomic mass is 10.1. The van der Waals surface area contributed by atoms with Crippen molar-refractivity contribution in [3.63, 3.8) is 0 Å². The Bertz CT molecular complexity index is 842. The number of benzene rings is 2. The average molecular weight is 386 g/mol. The van der Waals surface area contributed by atoms with Crippen LogP contribution in [0.25, 0.3) is 0 Å². The molecule has 2 atom stereocenters. The number of carbonyl (C=O) groups excluding carboxylic acids is 4. The van der Waals surface area contributed by atoms with Crippen LogP contribution in [0.4, 0.5) is 0 Å². The molecule has 0 heterocycles. The van der Waals surface area contributed by atoms with Gasteiger partial charge in [-0.05, 0) is 38.1 Å². The fraction of sp³-hybridized carbons (Fsp3) is 0.200. The highest BCUT2D eigenvalue weighted by molar-refractivity contribution is 6.01. The molecule has 0 bridgehead atoms. The van der Waals surface area contributed by atoms with E-state index in [1.165, 1.54) is 24.3 Å². The van der Waals surface area contributed by atoms with Gasteiger partial charge in [-0.25, -0.2) is 19.2 Å². The lowest BCUT2D eigenvalue weighted by Gasteiger charge is -2.14. The molecule has 0 saturated heterocycles. The maximum Gasteiger partial charge on any atom is 0.346 e. The smallest absolute Gasteiger partial charge is 0.346 e. The number of aliphatic hydroxyl groups is 2. The zero-order chi connectivity index (χ0) is 20.8. The van der Waals surface area contributed by atoms with Crippen LogP contribution in [0, 0.1) is 13.8 Å². The summed E-state index contributed by atoms with van der Waals surface area (Å²) in [5.74, 6) is -5.24. The van der Waals surface area contributed by atoms with Gasteiger partial charge in [-0.3, -0.25) is 0 Å². The molecule has 28 heavy (non-hydrogen) atoms. The number of ether oxygens (including phenoxy) is 2. The van der Waals surface area contributed by atoms with Crippen molar-refractivity contribution in [1.29, 1.82) is 0 Å². The minimum absolute atomic E-state index is 0.0484. The van der Waals surface area contributed by atoms with E-state index in [0.717, 1.165) is 11.1 Å². The fourth-order valence-corrected chi connectivity index (χ4v) is 2.22. The number of aryl methyl sites for hydroxylation is 2. The zero-order valence-corrected chi connectivity index (χ0v) is 15.1. The maximum absolute atomic E-state index is 11.9. The van der Waals surface area contributed by atoms with Crippen LogP contribution in [-0.4, -0.2) is 46.3 Å². The van der Waals surface area contributed by atoms with Crippen LogP contribution in [0.5, 0.6) is 0 Å². The van der Waals surface area contributed by atoms with Gasteiger partial charge in [-0.15, -0.1) is 0 Å². The first-order chi connectivity index (χ1) is 13.2. The molecule has 0 spiro atoms. The van der Waals surface area contributed by atoms with Crippen LogP contribution in [-0.2, 0) is 19.1 Å². The number of hydrogen-bond acceptors (Lipinski definition) is 8. The van der Waals surface area contributed by atoms with E-state index in [2.05, 4.69) is 9.47 Å². The van der Waals surface area contributed by atoms with Crippen LogP contribution in [0.15, 0.2) is 48.5 Å². The van der Waals surface area contributed by atoms with E-state index >= 15 is 0 Å². The summed E-state index contributed by atoms with van der Waals surface area (Å²) in [7, 11) is 0. The third-order valence-corrected chi connectivity index (χ3v) is 3.68. The Morgan fingerprint density at radius 2 is 1.07 bits per heavy atom. The summed E-state index contributed by atoms with van der Waals surface area (Å²) >= 11 is 0. The van der Waals surface area contributed by atoms with E-state index in [0.29, 0.717) is 0 Å². The molecule has 0 aliphatic heterocycles. The first-order valence-corrected chi connectivity index (χ1v) is 8.20. The number of esters is 4. The highest BCUT2D eigenvalue weighted by Crippen LogP contribution is 2.10. The molecule has 0 unspecified atom stereocenters. The standard InChI is InChI=1S/C20H18O8/c1-11-5-3-7-13(9-11)17(23)27-19(25)15(21)16(22)20(26)28-18(24)14-8-4-6-12(2)10-14/h3-10,15-16,21-22H,1-2H3/t15-,16-/m0/s1. The average Bonchev–Trinajstić information content (AvgIpc) is 2.66. The number of rotatable bonds is 5. The Kier molecular flexibility index (Phi) is 6.75. The number of carbonyl (C=O) groups is 4. The third kappa shape index (κ3) is 5.32. The largest absolute Gasteiger partial charge is 0.387 e. The van der Waals surface area contributed by atoms with E-state index in [1.807, 2.05) is 0 Å². The van der Waals surface area contributed by atoms with Crippen LogP contribution in [0.2, 0.25) is 0 Å². The van der Waals surface area contributed by atoms with E-state index in [9.17, 15) is 29.4 Å². The minimum Gasteiger partial charge on any atom is -0.387 e. The lowest BCUT2D eigenvalue weighted by Crippen LogP contribution is -2.43. The summed E-state index contributed by atoms with van der Waals surface area (Å²) in [5.41, 5.74) is 1.57. The van der Waals surface area contributed by atoms with Gasteiger partial charge in [-0.1, -0.05) is 35.4 Å². The normalized spacial score (nSPS) is 12.6. The second-order valence-corrected chi connectivity index (χ2v) is 6.05. The van der Waals surface area contributed by atoms with Crippen molar-refractivity contribution in [2.24, 2.45) is 0 Å². The molecule has 2 aromatic carbocycles. The van der Waals surface area contributed by atoms with Gasteiger partial charge in [0.1, 0.15) is 0 Å². The lowest BCUT2D eigenvalue weighted by molar-refractivity contribution is -0.166. The van der Waals surface area contributed by atoms with Crippen LogP contribution >= 0.6 is 0 Å². The van der Waals surface area contributed by atoms with Crippen molar-refractivity contribution in [3.05, 3.63) is 70.8 Å². The first-order valence-electron chi connectivity index (χ1n) is 8.20. The molecule has 8 nitrogen and oxygen atoms in total. The molecule has 0 radical (unpaired) electrons. The molecular formula is C20H18O8. The van der Waals surface area contributed by atoms with Crippen molar-refractivity contribution in [2.45, 2.75) is 26.1 Å². The van der Waals surface area contributed by atoms with Crippen molar-refractivity contribution in [3.8, 4) is 0 Å². The second-order valence-electron chi connectivity index (χ2n) is 6.05. The van der Waals surface area contributed by atoms with Crippen LogP contribution in [0.1, 0.15) is 31.8 Å². The highest BCUT2D eigenvalue weighted by atomic mass is 16.6. The van der Waals surface area contributed by atoms with E-state index < -0.39 is 36.1 Å². The number of hydrogen-bond donors (Lipinski definition) is 2. The summed E-state index contributed by atoms with van der Waals surface area (Å²) in [6.45, 7) is 3.44. The van der Waals surface area contributed by atoms with Crippen molar-refractivity contribution >= 4 is 23.9 Å². The SMILES string of the molecule is Cc1cccc(C(=O)OC(=O)[C@@H](O)[C@H](O)C(=O)OC(=O)c2cccc(C)c2)c1. The minimum atomic E-state index is -2.41. The van der Waals surface area contributed by atoms with Crippen molar-refractivity contribution in [2.75, 3.05) is 0 Å².